The number of carbonyl (C=O) groups excluding carboxylic acids is 2. The van der Waals surface area contributed by atoms with Crippen LogP contribution in [0.1, 0.15) is 44.2 Å². The summed E-state index contributed by atoms with van der Waals surface area (Å²) < 4.78 is 11.2. The van der Waals surface area contributed by atoms with Crippen LogP contribution in [0.25, 0.3) is 11.0 Å². The lowest BCUT2D eigenvalue weighted by molar-refractivity contribution is -0.127. The number of nitrogens with zero attached hydrogens (tertiary/aromatic N) is 1. The third kappa shape index (κ3) is 4.78. The molecule has 1 aliphatic heterocycles. The van der Waals surface area contributed by atoms with Crippen molar-refractivity contribution in [3.05, 3.63) is 39.7 Å². The molecule has 1 saturated heterocycles. The van der Waals surface area contributed by atoms with E-state index in [0.717, 1.165) is 30.3 Å². The number of benzene rings is 1. The van der Waals surface area contributed by atoms with Crippen LogP contribution in [0, 0.1) is 6.92 Å². The van der Waals surface area contributed by atoms with E-state index in [9.17, 15) is 14.4 Å². The van der Waals surface area contributed by atoms with Crippen molar-refractivity contribution in [2.45, 2.75) is 52.6 Å². The maximum absolute atomic E-state index is 12.3. The molecule has 0 radical (unpaired) electrons. The summed E-state index contributed by atoms with van der Waals surface area (Å²) in [6.07, 6.45) is 2.29. The quantitative estimate of drug-likeness (QED) is 0.543. The molecule has 2 heterocycles. The van der Waals surface area contributed by atoms with Gasteiger partial charge in [-0.15, -0.1) is 0 Å². The van der Waals surface area contributed by atoms with E-state index >= 15 is 0 Å². The average molecular weight is 400 g/mol. The van der Waals surface area contributed by atoms with Gasteiger partial charge < -0.3 is 19.4 Å². The lowest BCUT2D eigenvalue weighted by Crippen LogP contribution is -2.38. The van der Waals surface area contributed by atoms with Crippen molar-refractivity contribution >= 4 is 22.8 Å². The number of amides is 2. The summed E-state index contributed by atoms with van der Waals surface area (Å²) in [4.78, 5) is 37.6. The van der Waals surface area contributed by atoms with Crippen LogP contribution < -0.4 is 15.7 Å². The van der Waals surface area contributed by atoms with Gasteiger partial charge in [-0.05, 0) is 50.8 Å². The van der Waals surface area contributed by atoms with Crippen molar-refractivity contribution < 1.29 is 18.7 Å². The molecule has 1 N–H and O–H groups in total. The first kappa shape index (κ1) is 20.9. The van der Waals surface area contributed by atoms with Crippen molar-refractivity contribution in [3.8, 4) is 5.75 Å². The molecule has 1 fully saturated rings. The van der Waals surface area contributed by atoms with Crippen LogP contribution in [0.4, 0.5) is 0 Å². The second kappa shape index (κ2) is 9.11. The van der Waals surface area contributed by atoms with Crippen LogP contribution in [0.3, 0.4) is 0 Å². The van der Waals surface area contributed by atoms with Gasteiger partial charge in [0.1, 0.15) is 11.3 Å². The first-order valence-electron chi connectivity index (χ1n) is 10.2. The van der Waals surface area contributed by atoms with Gasteiger partial charge in [-0.2, -0.15) is 0 Å². The van der Waals surface area contributed by atoms with E-state index in [2.05, 4.69) is 5.32 Å². The van der Waals surface area contributed by atoms with E-state index in [0.29, 0.717) is 42.8 Å². The molecular formula is C22H28N2O5. The summed E-state index contributed by atoms with van der Waals surface area (Å²) in [5.74, 6) is 0.484. The van der Waals surface area contributed by atoms with E-state index in [1.54, 1.807) is 13.0 Å². The summed E-state index contributed by atoms with van der Waals surface area (Å²) in [5.41, 5.74) is 1.72. The Labute approximate surface area is 170 Å². The van der Waals surface area contributed by atoms with Gasteiger partial charge in [0, 0.05) is 43.1 Å². The molecule has 29 heavy (non-hydrogen) atoms. The first-order chi connectivity index (χ1) is 13.9. The van der Waals surface area contributed by atoms with Crippen molar-refractivity contribution in [1.82, 2.24) is 10.2 Å². The number of likely N-dealkylation sites (tertiary alicyclic amines) is 1. The van der Waals surface area contributed by atoms with E-state index < -0.39 is 11.7 Å². The molecular weight excluding hydrogens is 372 g/mol. The Morgan fingerprint density at radius 1 is 1.34 bits per heavy atom. The van der Waals surface area contributed by atoms with E-state index in [1.807, 2.05) is 24.8 Å². The van der Waals surface area contributed by atoms with E-state index in [-0.39, 0.29) is 11.8 Å². The van der Waals surface area contributed by atoms with Crippen LogP contribution >= 0.6 is 0 Å². The molecule has 7 nitrogen and oxygen atoms in total. The van der Waals surface area contributed by atoms with Crippen LogP contribution in [0.2, 0.25) is 0 Å². The Bertz CT molecular complexity index is 966. The summed E-state index contributed by atoms with van der Waals surface area (Å²) in [6, 6.07) is 5.17. The van der Waals surface area contributed by atoms with Gasteiger partial charge in [0.2, 0.25) is 5.91 Å². The molecule has 156 valence electrons. The first-order valence-corrected chi connectivity index (χ1v) is 10.2. The molecule has 1 aromatic heterocycles. The summed E-state index contributed by atoms with van der Waals surface area (Å²) in [5, 5.41) is 3.73. The number of hydrogen-bond donors (Lipinski definition) is 1. The fourth-order valence-electron chi connectivity index (χ4n) is 3.64. The summed E-state index contributed by atoms with van der Waals surface area (Å²) in [6.45, 7) is 7.45. The molecule has 2 aromatic rings. The molecule has 7 heteroatoms. The standard InChI is InChI=1S/C22H28N2O5/c1-4-16-13-20(26)29-21-14(2)18(9-8-17(16)21)28-15(3)22(27)23-10-6-12-24-11-5-7-19(24)25/h8-9,13,15H,4-7,10-12H2,1-3H3,(H,23,27). The molecule has 3 rings (SSSR count). The molecule has 0 aliphatic carbocycles. The third-order valence-corrected chi connectivity index (χ3v) is 5.33. The molecule has 0 saturated carbocycles. The monoisotopic (exact) mass is 400 g/mol. The van der Waals surface area contributed by atoms with E-state index in [4.69, 9.17) is 9.15 Å². The summed E-state index contributed by atoms with van der Waals surface area (Å²) >= 11 is 0. The number of fused-ring (bicyclic) bond motifs is 1. The van der Waals surface area contributed by atoms with Gasteiger partial charge >= 0.3 is 5.63 Å². The SMILES string of the molecule is CCc1cc(=O)oc2c(C)c(OC(C)C(=O)NCCCN3CCCC3=O)ccc12. The maximum atomic E-state index is 12.3. The highest BCUT2D eigenvalue weighted by Crippen LogP contribution is 2.29. The zero-order valence-corrected chi connectivity index (χ0v) is 17.2. The van der Waals surface area contributed by atoms with Crippen LogP contribution in [-0.4, -0.2) is 42.5 Å². The normalized spacial score (nSPS) is 15.0. The number of hydrogen-bond acceptors (Lipinski definition) is 5. The number of rotatable bonds is 8. The van der Waals surface area contributed by atoms with Crippen molar-refractivity contribution in [1.29, 1.82) is 0 Å². The van der Waals surface area contributed by atoms with E-state index in [1.165, 1.54) is 6.07 Å². The largest absolute Gasteiger partial charge is 0.480 e. The van der Waals surface area contributed by atoms with Crippen molar-refractivity contribution in [3.63, 3.8) is 0 Å². The number of carbonyl (C=O) groups is 2. The molecule has 1 aromatic carbocycles. The average Bonchev–Trinajstić information content (AvgIpc) is 3.11. The zero-order valence-electron chi connectivity index (χ0n) is 17.2. The van der Waals surface area contributed by atoms with Gasteiger partial charge in [-0.3, -0.25) is 9.59 Å². The molecule has 1 aliphatic rings. The molecule has 1 unspecified atom stereocenters. The minimum atomic E-state index is -0.694. The number of aryl methyl sites for hydroxylation is 2. The number of nitrogens with one attached hydrogen (secondary N) is 1. The molecule has 1 atom stereocenters. The lowest BCUT2D eigenvalue weighted by atomic mass is 10.0. The zero-order chi connectivity index (χ0) is 21.0. The highest BCUT2D eigenvalue weighted by Gasteiger charge is 2.20. The van der Waals surface area contributed by atoms with Gasteiger partial charge in [0.25, 0.3) is 5.91 Å². The topological polar surface area (TPSA) is 88.8 Å². The van der Waals surface area contributed by atoms with Crippen LogP contribution in [0.5, 0.6) is 5.75 Å². The van der Waals surface area contributed by atoms with Crippen molar-refractivity contribution in [2.24, 2.45) is 0 Å². The minimum Gasteiger partial charge on any atom is -0.480 e. The molecule has 2 amide bonds. The predicted molar refractivity (Wildman–Crippen MR) is 110 cm³/mol. The maximum Gasteiger partial charge on any atom is 0.336 e. The summed E-state index contributed by atoms with van der Waals surface area (Å²) in [7, 11) is 0. The molecule has 0 bridgehead atoms. The second-order valence-corrected chi connectivity index (χ2v) is 7.40. The number of ether oxygens (including phenoxy) is 1. The second-order valence-electron chi connectivity index (χ2n) is 7.40. The Balaban J connectivity index is 1.59. The predicted octanol–water partition coefficient (Wildman–Crippen LogP) is 2.56. The van der Waals surface area contributed by atoms with Gasteiger partial charge in [-0.25, -0.2) is 4.79 Å². The minimum absolute atomic E-state index is 0.192. The fraction of sp³-hybridized carbons (Fsp3) is 0.500. The van der Waals surface area contributed by atoms with Gasteiger partial charge in [-0.1, -0.05) is 6.92 Å². The third-order valence-electron chi connectivity index (χ3n) is 5.33. The Morgan fingerprint density at radius 3 is 2.83 bits per heavy atom. The highest BCUT2D eigenvalue weighted by molar-refractivity contribution is 5.85. The Kier molecular flexibility index (Phi) is 6.56. The lowest BCUT2D eigenvalue weighted by Gasteiger charge is -2.18. The molecule has 0 spiro atoms. The Hall–Kier alpha value is -2.83. The van der Waals surface area contributed by atoms with Crippen LogP contribution in [-0.2, 0) is 16.0 Å². The van der Waals surface area contributed by atoms with Crippen LogP contribution in [0.15, 0.2) is 27.4 Å². The van der Waals surface area contributed by atoms with Crippen molar-refractivity contribution in [2.75, 3.05) is 19.6 Å². The van der Waals surface area contributed by atoms with Gasteiger partial charge in [0.05, 0.1) is 0 Å². The smallest absolute Gasteiger partial charge is 0.336 e. The van der Waals surface area contributed by atoms with Gasteiger partial charge in [0.15, 0.2) is 6.10 Å². The Morgan fingerprint density at radius 2 is 2.14 bits per heavy atom. The highest BCUT2D eigenvalue weighted by atomic mass is 16.5. The fourth-order valence-corrected chi connectivity index (χ4v) is 3.64.